The minimum absolute atomic E-state index is 0.0156. The molecule has 0 spiro atoms. The second-order valence-electron chi connectivity index (χ2n) is 4.53. The molecule has 0 bridgehead atoms. The molecule has 3 rings (SSSR count). The Hall–Kier alpha value is -2.06. The highest BCUT2D eigenvalue weighted by Crippen LogP contribution is 2.29. The lowest BCUT2D eigenvalue weighted by molar-refractivity contribution is -0.113. The van der Waals surface area contributed by atoms with E-state index in [4.69, 9.17) is 0 Å². The monoisotopic (exact) mass is 354 g/mol. The molecular weight excluding hydrogens is 345 g/mol. The van der Waals surface area contributed by atoms with Crippen LogP contribution in [-0.2, 0) is 4.79 Å². The predicted molar refractivity (Wildman–Crippen MR) is 85.3 cm³/mol. The SMILES string of the molecule is O=C(CSc1nc2ccccc2s1)Nc1cc(F)c(F)cc1F. The molecule has 1 N–H and O–H groups in total. The van der Waals surface area contributed by atoms with Crippen LogP contribution in [0.5, 0.6) is 0 Å². The van der Waals surface area contributed by atoms with Gasteiger partial charge in [-0.05, 0) is 12.1 Å². The first-order valence-electron chi connectivity index (χ1n) is 6.45. The average molecular weight is 354 g/mol. The van der Waals surface area contributed by atoms with E-state index in [2.05, 4.69) is 10.3 Å². The second kappa shape index (κ2) is 6.59. The van der Waals surface area contributed by atoms with Crippen molar-refractivity contribution < 1.29 is 18.0 Å². The van der Waals surface area contributed by atoms with E-state index in [0.717, 1.165) is 10.2 Å². The summed E-state index contributed by atoms with van der Waals surface area (Å²) in [5.41, 5.74) is 0.450. The highest BCUT2D eigenvalue weighted by Gasteiger charge is 2.13. The minimum atomic E-state index is -1.30. The summed E-state index contributed by atoms with van der Waals surface area (Å²) in [6.45, 7) is 0. The van der Waals surface area contributed by atoms with Crippen molar-refractivity contribution in [1.29, 1.82) is 0 Å². The Labute approximate surface area is 137 Å². The van der Waals surface area contributed by atoms with Crippen LogP contribution in [0.25, 0.3) is 10.2 Å². The summed E-state index contributed by atoms with van der Waals surface area (Å²) in [5.74, 6) is -4.09. The summed E-state index contributed by atoms with van der Waals surface area (Å²) in [6, 6.07) is 8.57. The molecule has 23 heavy (non-hydrogen) atoms. The fraction of sp³-hybridized carbons (Fsp3) is 0.0667. The van der Waals surface area contributed by atoms with Gasteiger partial charge in [0.05, 0.1) is 21.7 Å². The van der Waals surface area contributed by atoms with E-state index in [1.54, 1.807) is 0 Å². The molecule has 118 valence electrons. The standard InChI is InChI=1S/C15H9F3N2OS2/c16-8-5-10(18)12(6-9(8)17)19-14(21)7-22-15-20-11-3-1-2-4-13(11)23-15/h1-6H,7H2,(H,19,21). The largest absolute Gasteiger partial charge is 0.323 e. The van der Waals surface area contributed by atoms with Crippen LogP contribution in [0, 0.1) is 17.5 Å². The molecule has 0 unspecified atom stereocenters. The molecule has 3 aromatic rings. The molecule has 2 aromatic carbocycles. The number of carbonyl (C=O) groups is 1. The lowest BCUT2D eigenvalue weighted by Gasteiger charge is -2.06. The van der Waals surface area contributed by atoms with E-state index in [9.17, 15) is 18.0 Å². The zero-order valence-electron chi connectivity index (χ0n) is 11.5. The fourth-order valence-electron chi connectivity index (χ4n) is 1.84. The molecular formula is C15H9F3N2OS2. The van der Waals surface area contributed by atoms with Gasteiger partial charge in [-0.25, -0.2) is 18.2 Å². The Kier molecular flexibility index (Phi) is 4.53. The minimum Gasteiger partial charge on any atom is -0.323 e. The maximum Gasteiger partial charge on any atom is 0.234 e. The van der Waals surface area contributed by atoms with Crippen molar-refractivity contribution in [2.75, 3.05) is 11.1 Å². The molecule has 0 aliphatic rings. The summed E-state index contributed by atoms with van der Waals surface area (Å²) in [4.78, 5) is 16.2. The summed E-state index contributed by atoms with van der Waals surface area (Å²) in [7, 11) is 0. The molecule has 0 aliphatic heterocycles. The van der Waals surface area contributed by atoms with E-state index in [0.29, 0.717) is 16.5 Å². The fourth-order valence-corrected chi connectivity index (χ4v) is 3.71. The predicted octanol–water partition coefficient (Wildman–Crippen LogP) is 4.44. The van der Waals surface area contributed by atoms with E-state index >= 15 is 0 Å². The topological polar surface area (TPSA) is 42.0 Å². The third-order valence-corrected chi connectivity index (χ3v) is 5.06. The normalized spacial score (nSPS) is 10.9. The van der Waals surface area contributed by atoms with Gasteiger partial charge in [0.1, 0.15) is 5.82 Å². The van der Waals surface area contributed by atoms with Crippen LogP contribution in [0.3, 0.4) is 0 Å². The van der Waals surface area contributed by atoms with Gasteiger partial charge in [0.15, 0.2) is 16.0 Å². The molecule has 0 saturated heterocycles. The first-order chi connectivity index (χ1) is 11.0. The summed E-state index contributed by atoms with van der Waals surface area (Å²) < 4.78 is 41.1. The van der Waals surface area contributed by atoms with Gasteiger partial charge in [0, 0.05) is 12.1 Å². The molecule has 0 radical (unpaired) electrons. The van der Waals surface area contributed by atoms with Gasteiger partial charge in [-0.15, -0.1) is 11.3 Å². The number of nitrogens with one attached hydrogen (secondary N) is 1. The molecule has 0 aliphatic carbocycles. The second-order valence-corrected chi connectivity index (χ2v) is 6.78. The number of halogens is 3. The maximum atomic E-state index is 13.5. The number of thiazole rings is 1. The van der Waals surface area contributed by atoms with Crippen molar-refractivity contribution >= 4 is 44.9 Å². The number of aromatic nitrogens is 1. The van der Waals surface area contributed by atoms with Gasteiger partial charge >= 0.3 is 0 Å². The van der Waals surface area contributed by atoms with E-state index in [-0.39, 0.29) is 5.75 Å². The Bertz CT molecular complexity index is 849. The van der Waals surface area contributed by atoms with E-state index in [1.165, 1.54) is 23.1 Å². The van der Waals surface area contributed by atoms with Gasteiger partial charge in [-0.1, -0.05) is 23.9 Å². The van der Waals surface area contributed by atoms with E-state index < -0.39 is 29.0 Å². The third kappa shape index (κ3) is 3.65. The van der Waals surface area contributed by atoms with Gasteiger partial charge < -0.3 is 5.32 Å². The number of carbonyl (C=O) groups excluding carboxylic acids is 1. The van der Waals surface area contributed by atoms with Crippen LogP contribution in [0.15, 0.2) is 40.7 Å². The number of thioether (sulfide) groups is 1. The number of para-hydroxylation sites is 1. The van der Waals surface area contributed by atoms with Crippen molar-refractivity contribution in [3.8, 4) is 0 Å². The molecule has 1 amide bonds. The molecule has 8 heteroatoms. The van der Waals surface area contributed by atoms with Crippen molar-refractivity contribution in [2.24, 2.45) is 0 Å². The highest BCUT2D eigenvalue weighted by atomic mass is 32.2. The van der Waals surface area contributed by atoms with Gasteiger partial charge in [0.2, 0.25) is 5.91 Å². The Morgan fingerprint density at radius 1 is 1.13 bits per heavy atom. The smallest absolute Gasteiger partial charge is 0.234 e. The lowest BCUT2D eigenvalue weighted by Crippen LogP contribution is -2.15. The first kappa shape index (κ1) is 15.8. The van der Waals surface area contributed by atoms with Gasteiger partial charge in [-0.3, -0.25) is 4.79 Å². The van der Waals surface area contributed by atoms with Crippen molar-refractivity contribution in [2.45, 2.75) is 4.34 Å². The first-order valence-corrected chi connectivity index (χ1v) is 8.26. The highest BCUT2D eigenvalue weighted by molar-refractivity contribution is 8.01. The lowest BCUT2D eigenvalue weighted by atomic mass is 10.3. The molecule has 3 nitrogen and oxygen atoms in total. The van der Waals surface area contributed by atoms with Crippen molar-refractivity contribution in [3.63, 3.8) is 0 Å². The quantitative estimate of drug-likeness (QED) is 0.556. The Morgan fingerprint density at radius 2 is 1.87 bits per heavy atom. The van der Waals surface area contributed by atoms with Crippen molar-refractivity contribution in [1.82, 2.24) is 4.98 Å². The third-order valence-electron chi connectivity index (χ3n) is 2.89. The maximum absolute atomic E-state index is 13.5. The zero-order chi connectivity index (χ0) is 16.4. The van der Waals surface area contributed by atoms with Crippen LogP contribution < -0.4 is 5.32 Å². The number of rotatable bonds is 4. The number of benzene rings is 2. The average Bonchev–Trinajstić information content (AvgIpc) is 2.93. The van der Waals surface area contributed by atoms with Crippen molar-refractivity contribution in [3.05, 3.63) is 53.8 Å². The molecule has 0 saturated carbocycles. The van der Waals surface area contributed by atoms with Gasteiger partial charge in [0.25, 0.3) is 0 Å². The van der Waals surface area contributed by atoms with Crippen LogP contribution >= 0.6 is 23.1 Å². The zero-order valence-corrected chi connectivity index (χ0v) is 13.1. The molecule has 1 aromatic heterocycles. The number of anilines is 1. The number of nitrogens with zero attached hydrogens (tertiary/aromatic N) is 1. The Balaban J connectivity index is 1.64. The number of hydrogen-bond donors (Lipinski definition) is 1. The van der Waals surface area contributed by atoms with Gasteiger partial charge in [-0.2, -0.15) is 0 Å². The van der Waals surface area contributed by atoms with Crippen LogP contribution in [-0.4, -0.2) is 16.6 Å². The summed E-state index contributed by atoms with van der Waals surface area (Å²) in [5, 5.41) is 2.22. The number of amides is 1. The van der Waals surface area contributed by atoms with Crippen LogP contribution in [0.1, 0.15) is 0 Å². The van der Waals surface area contributed by atoms with Crippen LogP contribution in [0.4, 0.5) is 18.9 Å². The van der Waals surface area contributed by atoms with E-state index in [1.807, 2.05) is 24.3 Å². The summed E-state index contributed by atoms with van der Waals surface area (Å²) in [6.07, 6.45) is 0. The molecule has 0 atom stereocenters. The number of hydrogen-bond acceptors (Lipinski definition) is 4. The van der Waals surface area contributed by atoms with Crippen LogP contribution in [0.2, 0.25) is 0 Å². The molecule has 0 fully saturated rings. The number of fused-ring (bicyclic) bond motifs is 1. The Morgan fingerprint density at radius 3 is 2.65 bits per heavy atom. The molecule has 1 heterocycles. The summed E-state index contributed by atoms with van der Waals surface area (Å²) >= 11 is 2.63.